The van der Waals surface area contributed by atoms with E-state index < -0.39 is 11.5 Å². The maximum absolute atomic E-state index is 11.6. The second-order valence-electron chi connectivity index (χ2n) is 6.43. The highest BCUT2D eigenvalue weighted by molar-refractivity contribution is 5.78. The zero-order valence-electron chi connectivity index (χ0n) is 12.7. The number of likely N-dealkylation sites (tertiary alicyclic amines) is 1. The molecule has 0 spiro atoms. The van der Waals surface area contributed by atoms with Crippen molar-refractivity contribution in [2.75, 3.05) is 24.5 Å². The van der Waals surface area contributed by atoms with Crippen molar-refractivity contribution in [3.8, 4) is 0 Å². The Hall–Kier alpha value is -1.55. The minimum absolute atomic E-state index is 0.411. The Labute approximate surface area is 126 Å². The number of nitrogens with zero attached hydrogens (tertiary/aromatic N) is 2. The molecule has 0 saturated carbocycles. The second kappa shape index (κ2) is 5.68. The standard InChI is InChI=1S/C17H24N2O2/c1-17(16(20)21)10-5-11-19(17)15-8-12-18(13-9-15)14-6-3-2-4-7-14/h2-4,6-7,15H,5,8-13H2,1H3,(H,20,21). The molecule has 0 radical (unpaired) electrons. The van der Waals surface area contributed by atoms with Crippen LogP contribution in [0.15, 0.2) is 30.3 Å². The summed E-state index contributed by atoms with van der Waals surface area (Å²) >= 11 is 0. The molecular formula is C17H24N2O2. The van der Waals surface area contributed by atoms with Crippen LogP contribution in [-0.2, 0) is 4.79 Å². The van der Waals surface area contributed by atoms with Crippen molar-refractivity contribution in [2.45, 2.75) is 44.2 Å². The van der Waals surface area contributed by atoms with Gasteiger partial charge in [0.05, 0.1) is 0 Å². The lowest BCUT2D eigenvalue weighted by atomic mass is 9.94. The summed E-state index contributed by atoms with van der Waals surface area (Å²) in [5.41, 5.74) is 0.623. The van der Waals surface area contributed by atoms with Crippen LogP contribution in [-0.4, -0.2) is 47.2 Å². The van der Waals surface area contributed by atoms with E-state index in [0.29, 0.717) is 6.04 Å². The number of carbonyl (C=O) groups is 1. The van der Waals surface area contributed by atoms with Gasteiger partial charge >= 0.3 is 5.97 Å². The first-order chi connectivity index (χ1) is 10.1. The lowest BCUT2D eigenvalue weighted by molar-refractivity contribution is -0.150. The molecule has 0 bridgehead atoms. The van der Waals surface area contributed by atoms with Crippen LogP contribution in [0.3, 0.4) is 0 Å². The van der Waals surface area contributed by atoms with Gasteiger partial charge in [-0.3, -0.25) is 9.69 Å². The van der Waals surface area contributed by atoms with Crippen LogP contribution in [0.2, 0.25) is 0 Å². The van der Waals surface area contributed by atoms with Gasteiger partial charge < -0.3 is 10.0 Å². The molecule has 2 aliphatic heterocycles. The smallest absolute Gasteiger partial charge is 0.323 e. The maximum atomic E-state index is 11.6. The van der Waals surface area contributed by atoms with Crippen molar-refractivity contribution in [3.63, 3.8) is 0 Å². The molecule has 21 heavy (non-hydrogen) atoms. The van der Waals surface area contributed by atoms with E-state index in [4.69, 9.17) is 0 Å². The summed E-state index contributed by atoms with van der Waals surface area (Å²) < 4.78 is 0. The van der Waals surface area contributed by atoms with Crippen LogP contribution in [0, 0.1) is 0 Å². The fourth-order valence-corrected chi connectivity index (χ4v) is 3.87. The van der Waals surface area contributed by atoms with Crippen molar-refractivity contribution in [3.05, 3.63) is 30.3 Å². The van der Waals surface area contributed by atoms with Gasteiger partial charge in [0, 0.05) is 24.8 Å². The zero-order valence-corrected chi connectivity index (χ0v) is 12.7. The van der Waals surface area contributed by atoms with Crippen LogP contribution in [0.5, 0.6) is 0 Å². The molecule has 1 unspecified atom stereocenters. The highest BCUT2D eigenvalue weighted by Crippen LogP contribution is 2.34. The molecule has 3 rings (SSSR count). The normalized spacial score (nSPS) is 28.0. The first kappa shape index (κ1) is 14.4. The van der Waals surface area contributed by atoms with Gasteiger partial charge in [0.1, 0.15) is 5.54 Å². The molecule has 2 aliphatic rings. The van der Waals surface area contributed by atoms with E-state index in [0.717, 1.165) is 45.3 Å². The van der Waals surface area contributed by atoms with Crippen LogP contribution >= 0.6 is 0 Å². The number of piperidine rings is 1. The monoisotopic (exact) mass is 288 g/mol. The van der Waals surface area contributed by atoms with Crippen molar-refractivity contribution >= 4 is 11.7 Å². The van der Waals surface area contributed by atoms with Gasteiger partial charge in [-0.2, -0.15) is 0 Å². The maximum Gasteiger partial charge on any atom is 0.323 e. The van der Waals surface area contributed by atoms with E-state index in [1.807, 2.05) is 13.0 Å². The third kappa shape index (κ3) is 2.64. The fraction of sp³-hybridized carbons (Fsp3) is 0.588. The first-order valence-corrected chi connectivity index (χ1v) is 7.91. The third-order valence-electron chi connectivity index (χ3n) is 5.18. The van der Waals surface area contributed by atoms with Gasteiger partial charge in [0.2, 0.25) is 0 Å². The number of aliphatic carboxylic acids is 1. The number of para-hydroxylation sites is 1. The molecule has 2 fully saturated rings. The molecular weight excluding hydrogens is 264 g/mol. The molecule has 1 aromatic rings. The minimum atomic E-state index is -0.662. The molecule has 114 valence electrons. The molecule has 1 aromatic carbocycles. The number of rotatable bonds is 3. The quantitative estimate of drug-likeness (QED) is 0.928. The number of carboxylic acid groups (broad SMARTS) is 1. The predicted molar refractivity (Wildman–Crippen MR) is 83.7 cm³/mol. The second-order valence-corrected chi connectivity index (χ2v) is 6.43. The van der Waals surface area contributed by atoms with E-state index >= 15 is 0 Å². The Morgan fingerprint density at radius 3 is 2.48 bits per heavy atom. The molecule has 0 amide bonds. The highest BCUT2D eigenvalue weighted by Gasteiger charge is 2.46. The third-order valence-corrected chi connectivity index (χ3v) is 5.18. The molecule has 0 aliphatic carbocycles. The van der Waals surface area contributed by atoms with Gasteiger partial charge in [-0.05, 0) is 51.3 Å². The zero-order chi connectivity index (χ0) is 14.9. The number of anilines is 1. The van der Waals surface area contributed by atoms with E-state index in [9.17, 15) is 9.90 Å². The van der Waals surface area contributed by atoms with Crippen LogP contribution < -0.4 is 4.90 Å². The Bertz CT molecular complexity index is 497. The van der Waals surface area contributed by atoms with Crippen molar-refractivity contribution < 1.29 is 9.90 Å². The SMILES string of the molecule is CC1(C(=O)O)CCCN1C1CCN(c2ccccc2)CC1. The van der Waals surface area contributed by atoms with Crippen molar-refractivity contribution in [2.24, 2.45) is 0 Å². The number of hydrogen-bond acceptors (Lipinski definition) is 3. The molecule has 4 nitrogen and oxygen atoms in total. The molecule has 2 saturated heterocycles. The average molecular weight is 288 g/mol. The van der Waals surface area contributed by atoms with Gasteiger partial charge in [0.15, 0.2) is 0 Å². The molecule has 1 atom stereocenters. The van der Waals surface area contributed by atoms with Crippen molar-refractivity contribution in [1.82, 2.24) is 4.90 Å². The van der Waals surface area contributed by atoms with E-state index in [1.165, 1.54) is 5.69 Å². The Balaban J connectivity index is 1.65. The number of carboxylic acids is 1. The Kier molecular flexibility index (Phi) is 3.89. The van der Waals surface area contributed by atoms with Gasteiger partial charge in [-0.25, -0.2) is 0 Å². The summed E-state index contributed by atoms with van der Waals surface area (Å²) in [5, 5.41) is 9.55. The first-order valence-electron chi connectivity index (χ1n) is 7.91. The van der Waals surface area contributed by atoms with Gasteiger partial charge in [-0.1, -0.05) is 18.2 Å². The van der Waals surface area contributed by atoms with Crippen LogP contribution in [0.1, 0.15) is 32.6 Å². The average Bonchev–Trinajstić information content (AvgIpc) is 2.92. The minimum Gasteiger partial charge on any atom is -0.480 e. The summed E-state index contributed by atoms with van der Waals surface area (Å²) in [6.45, 7) is 4.85. The Morgan fingerprint density at radius 2 is 1.86 bits per heavy atom. The van der Waals surface area contributed by atoms with E-state index in [1.54, 1.807) is 0 Å². The summed E-state index contributed by atoms with van der Waals surface area (Å²) in [5.74, 6) is -0.662. The fourth-order valence-electron chi connectivity index (χ4n) is 3.87. The molecule has 0 aromatic heterocycles. The van der Waals surface area contributed by atoms with Gasteiger partial charge in [0.25, 0.3) is 0 Å². The number of hydrogen-bond donors (Lipinski definition) is 1. The summed E-state index contributed by atoms with van der Waals surface area (Å²) in [4.78, 5) is 16.3. The van der Waals surface area contributed by atoms with Crippen LogP contribution in [0.25, 0.3) is 0 Å². The van der Waals surface area contributed by atoms with Crippen LogP contribution in [0.4, 0.5) is 5.69 Å². The van der Waals surface area contributed by atoms with Crippen molar-refractivity contribution in [1.29, 1.82) is 0 Å². The topological polar surface area (TPSA) is 43.8 Å². The summed E-state index contributed by atoms with van der Waals surface area (Å²) in [7, 11) is 0. The van der Waals surface area contributed by atoms with E-state index in [2.05, 4.69) is 34.1 Å². The summed E-state index contributed by atoms with van der Waals surface area (Å²) in [6.07, 6.45) is 3.89. The summed E-state index contributed by atoms with van der Waals surface area (Å²) in [6, 6.07) is 10.9. The highest BCUT2D eigenvalue weighted by atomic mass is 16.4. The molecule has 2 heterocycles. The lowest BCUT2D eigenvalue weighted by Crippen LogP contribution is -2.55. The molecule has 1 N–H and O–H groups in total. The lowest BCUT2D eigenvalue weighted by Gasteiger charge is -2.42. The largest absolute Gasteiger partial charge is 0.480 e. The number of benzene rings is 1. The van der Waals surface area contributed by atoms with E-state index in [-0.39, 0.29) is 0 Å². The predicted octanol–water partition coefficient (Wildman–Crippen LogP) is 2.59. The molecule has 4 heteroatoms. The van der Waals surface area contributed by atoms with Gasteiger partial charge in [-0.15, -0.1) is 0 Å². The Morgan fingerprint density at radius 1 is 1.19 bits per heavy atom.